The number of hydrogen-bond donors (Lipinski definition) is 1. The maximum atomic E-state index is 10.2. The Bertz CT molecular complexity index is 280. The first-order chi connectivity index (χ1) is 5.13. The van der Waals surface area contributed by atoms with Gasteiger partial charge in [-0.25, -0.2) is 0 Å². The van der Waals surface area contributed by atoms with Gasteiger partial charge >= 0.3 is 5.69 Å². The molecule has 0 radical (unpaired) electrons. The third kappa shape index (κ3) is 1.40. The Morgan fingerprint density at radius 1 is 1.55 bits per heavy atom. The number of nitro benzene ring substituents is 1. The lowest BCUT2D eigenvalue weighted by Gasteiger charge is -1.95. The third-order valence-electron chi connectivity index (χ3n) is 1.15. The molecule has 1 N–H and O–H groups in total. The van der Waals surface area contributed by atoms with E-state index < -0.39 is 16.4 Å². The Labute approximate surface area is 67.2 Å². The molecule has 0 saturated heterocycles. The molecule has 0 amide bonds. The molecule has 11 heavy (non-hydrogen) atoms. The number of halogens is 1. The summed E-state index contributed by atoms with van der Waals surface area (Å²) in [5.74, 6) is -0.414. The van der Waals surface area contributed by atoms with Crippen LogP contribution in [0.3, 0.4) is 0 Å². The molecular formula is C6H4ClNO3. The Morgan fingerprint density at radius 2 is 2.18 bits per heavy atom. The molecule has 0 aliphatic carbocycles. The zero-order valence-electron chi connectivity index (χ0n) is 5.32. The zero-order valence-corrected chi connectivity index (χ0v) is 6.08. The van der Waals surface area contributed by atoms with Crippen LogP contribution in [0, 0.1) is 10.1 Å². The molecule has 0 unspecified atom stereocenters. The standard InChI is InChI=1S/C6H4ClNO3/c7-4-2-1-3-5(9)6(4)8(10)11/h1-3,9H. The number of hydrogen-bond acceptors (Lipinski definition) is 3. The van der Waals surface area contributed by atoms with E-state index in [4.69, 9.17) is 16.7 Å². The van der Waals surface area contributed by atoms with Crippen molar-refractivity contribution < 1.29 is 10.0 Å². The van der Waals surface area contributed by atoms with Gasteiger partial charge in [-0.1, -0.05) is 17.7 Å². The van der Waals surface area contributed by atoms with Crippen LogP contribution >= 0.6 is 11.6 Å². The Hall–Kier alpha value is -1.29. The molecule has 0 saturated carbocycles. The summed E-state index contributed by atoms with van der Waals surface area (Å²) in [6.07, 6.45) is 0. The second kappa shape index (κ2) is 2.75. The maximum Gasteiger partial charge on any atom is 0.329 e. The Morgan fingerprint density at radius 3 is 2.55 bits per heavy atom. The van der Waals surface area contributed by atoms with Gasteiger partial charge in [0.15, 0.2) is 5.75 Å². The van der Waals surface area contributed by atoms with Crippen molar-refractivity contribution in [3.05, 3.63) is 33.3 Å². The van der Waals surface area contributed by atoms with Crippen LogP contribution in [0.5, 0.6) is 5.75 Å². The summed E-state index contributed by atoms with van der Waals surface area (Å²) in [5.41, 5.74) is -0.450. The number of rotatable bonds is 1. The maximum absolute atomic E-state index is 10.2. The second-order valence-corrected chi connectivity index (χ2v) is 2.27. The largest absolute Gasteiger partial charge is 0.502 e. The summed E-state index contributed by atoms with van der Waals surface area (Å²) in [6.45, 7) is 0. The highest BCUT2D eigenvalue weighted by molar-refractivity contribution is 6.32. The molecule has 1 rings (SSSR count). The van der Waals surface area contributed by atoms with E-state index in [1.165, 1.54) is 18.2 Å². The highest BCUT2D eigenvalue weighted by Gasteiger charge is 2.16. The van der Waals surface area contributed by atoms with Crippen molar-refractivity contribution in [3.63, 3.8) is 0 Å². The minimum Gasteiger partial charge on any atom is -0.502 e. The zero-order chi connectivity index (χ0) is 8.43. The van der Waals surface area contributed by atoms with E-state index in [-0.39, 0.29) is 5.02 Å². The van der Waals surface area contributed by atoms with E-state index in [1.807, 2.05) is 0 Å². The number of phenolic OH excluding ortho intramolecular Hbond substituents is 1. The highest BCUT2D eigenvalue weighted by Crippen LogP contribution is 2.32. The molecule has 1 aromatic carbocycles. The van der Waals surface area contributed by atoms with Crippen LogP contribution in [0.15, 0.2) is 18.2 Å². The van der Waals surface area contributed by atoms with Crippen molar-refractivity contribution >= 4 is 17.3 Å². The topological polar surface area (TPSA) is 63.4 Å². The molecule has 0 aliphatic heterocycles. The molecule has 1 aromatic rings. The lowest BCUT2D eigenvalue weighted by atomic mass is 10.3. The highest BCUT2D eigenvalue weighted by atomic mass is 35.5. The summed E-state index contributed by atoms with van der Waals surface area (Å²) >= 11 is 5.42. The van der Waals surface area contributed by atoms with Crippen molar-refractivity contribution in [2.45, 2.75) is 0 Å². The van der Waals surface area contributed by atoms with Gasteiger partial charge in [0.05, 0.1) is 4.92 Å². The predicted octanol–water partition coefficient (Wildman–Crippen LogP) is 1.95. The van der Waals surface area contributed by atoms with Gasteiger partial charge in [0.1, 0.15) is 5.02 Å². The van der Waals surface area contributed by atoms with Crippen molar-refractivity contribution in [1.29, 1.82) is 0 Å². The van der Waals surface area contributed by atoms with Gasteiger partial charge in [-0.15, -0.1) is 0 Å². The lowest BCUT2D eigenvalue weighted by molar-refractivity contribution is -0.385. The lowest BCUT2D eigenvalue weighted by Crippen LogP contribution is -1.88. The van der Waals surface area contributed by atoms with Gasteiger partial charge in [-0.3, -0.25) is 10.1 Å². The van der Waals surface area contributed by atoms with E-state index in [2.05, 4.69) is 0 Å². The summed E-state index contributed by atoms with van der Waals surface area (Å²) < 4.78 is 0. The fraction of sp³-hybridized carbons (Fsp3) is 0. The van der Waals surface area contributed by atoms with Crippen LogP contribution in [0.2, 0.25) is 5.02 Å². The number of aromatic hydroxyl groups is 1. The van der Waals surface area contributed by atoms with Gasteiger partial charge in [0, 0.05) is 0 Å². The van der Waals surface area contributed by atoms with Crippen LogP contribution in [0.1, 0.15) is 0 Å². The van der Waals surface area contributed by atoms with Crippen LogP contribution in [-0.2, 0) is 0 Å². The number of nitro groups is 1. The molecule has 0 atom stereocenters. The molecule has 4 nitrogen and oxygen atoms in total. The van der Waals surface area contributed by atoms with Crippen LogP contribution in [-0.4, -0.2) is 10.0 Å². The first kappa shape index (κ1) is 7.81. The molecular weight excluding hydrogens is 170 g/mol. The predicted molar refractivity (Wildman–Crippen MR) is 39.8 cm³/mol. The third-order valence-corrected chi connectivity index (χ3v) is 1.45. The van der Waals surface area contributed by atoms with Gasteiger partial charge in [-0.05, 0) is 12.1 Å². The molecule has 0 aliphatic rings. The molecule has 0 aromatic heterocycles. The van der Waals surface area contributed by atoms with E-state index in [0.717, 1.165) is 0 Å². The van der Waals surface area contributed by atoms with Gasteiger partial charge in [-0.2, -0.15) is 0 Å². The second-order valence-electron chi connectivity index (χ2n) is 1.86. The quantitative estimate of drug-likeness (QED) is 0.522. The minimum absolute atomic E-state index is 0.0602. The summed E-state index contributed by atoms with van der Waals surface area (Å²) in [6, 6.07) is 3.99. The number of benzene rings is 1. The van der Waals surface area contributed by atoms with Crippen LogP contribution in [0.25, 0.3) is 0 Å². The van der Waals surface area contributed by atoms with Crippen LogP contribution in [0.4, 0.5) is 5.69 Å². The van der Waals surface area contributed by atoms with E-state index in [9.17, 15) is 10.1 Å². The van der Waals surface area contributed by atoms with E-state index in [0.29, 0.717) is 0 Å². The smallest absolute Gasteiger partial charge is 0.329 e. The fourth-order valence-electron chi connectivity index (χ4n) is 0.685. The number of para-hydroxylation sites is 1. The summed E-state index contributed by atoms with van der Waals surface area (Å²) in [5, 5.41) is 19.1. The van der Waals surface area contributed by atoms with Crippen LogP contribution < -0.4 is 0 Å². The number of nitrogens with zero attached hydrogens (tertiary/aromatic N) is 1. The van der Waals surface area contributed by atoms with Gasteiger partial charge in [0.2, 0.25) is 0 Å². The monoisotopic (exact) mass is 173 g/mol. The van der Waals surface area contributed by atoms with E-state index >= 15 is 0 Å². The molecule has 0 heterocycles. The van der Waals surface area contributed by atoms with Crippen molar-refractivity contribution in [3.8, 4) is 5.75 Å². The van der Waals surface area contributed by atoms with E-state index in [1.54, 1.807) is 0 Å². The molecule has 0 fully saturated rings. The first-order valence-corrected chi connectivity index (χ1v) is 3.12. The average Bonchev–Trinajstić information content (AvgIpc) is 1.85. The molecule has 5 heteroatoms. The minimum atomic E-state index is -0.725. The van der Waals surface area contributed by atoms with Gasteiger partial charge < -0.3 is 5.11 Å². The summed E-state index contributed by atoms with van der Waals surface area (Å²) in [4.78, 5) is 9.48. The normalized spacial score (nSPS) is 9.55. The molecule has 0 bridgehead atoms. The average molecular weight is 174 g/mol. The van der Waals surface area contributed by atoms with Crippen molar-refractivity contribution in [1.82, 2.24) is 0 Å². The number of phenols is 1. The van der Waals surface area contributed by atoms with Gasteiger partial charge in [0.25, 0.3) is 0 Å². The fourth-order valence-corrected chi connectivity index (χ4v) is 0.923. The summed E-state index contributed by atoms with van der Waals surface area (Å²) in [7, 11) is 0. The Balaban J connectivity index is 3.32. The molecule has 58 valence electrons. The Kier molecular flexibility index (Phi) is 1.96. The molecule has 0 spiro atoms. The first-order valence-electron chi connectivity index (χ1n) is 2.75. The van der Waals surface area contributed by atoms with Crippen molar-refractivity contribution in [2.75, 3.05) is 0 Å². The van der Waals surface area contributed by atoms with Crippen molar-refractivity contribution in [2.24, 2.45) is 0 Å². The SMILES string of the molecule is O=[N+]([O-])c1c(O)cccc1Cl.